The molecule has 0 saturated carbocycles. The first kappa shape index (κ1) is 12.5. The zero-order valence-electron chi connectivity index (χ0n) is 9.47. The van der Waals surface area contributed by atoms with E-state index in [9.17, 15) is 4.79 Å². The maximum absolute atomic E-state index is 12.1. The number of hydrogen-bond acceptors (Lipinski definition) is 4. The minimum atomic E-state index is -0.349. The molecule has 0 saturated heterocycles. The minimum absolute atomic E-state index is 0.110. The van der Waals surface area contributed by atoms with E-state index in [-0.39, 0.29) is 19.0 Å². The second-order valence-corrected chi connectivity index (χ2v) is 3.55. The number of nitrogens with zero attached hydrogens (tertiary/aromatic N) is 3. The largest absolute Gasteiger partial charge is 0.399 e. The first-order valence-electron chi connectivity index (χ1n) is 4.99. The van der Waals surface area contributed by atoms with E-state index in [0.717, 1.165) is 5.56 Å². The first-order valence-corrected chi connectivity index (χ1v) is 4.99. The number of aryl methyl sites for hydroxylation is 1. The summed E-state index contributed by atoms with van der Waals surface area (Å²) in [6, 6.07) is 8.71. The van der Waals surface area contributed by atoms with Crippen LogP contribution in [0.1, 0.15) is 15.9 Å². The van der Waals surface area contributed by atoms with E-state index in [1.165, 1.54) is 4.90 Å². The van der Waals surface area contributed by atoms with Crippen LogP contribution in [0.25, 0.3) is 0 Å². The molecule has 1 aromatic carbocycles. The number of rotatable bonds is 3. The summed E-state index contributed by atoms with van der Waals surface area (Å²) >= 11 is 0. The number of benzene rings is 1. The van der Waals surface area contributed by atoms with E-state index >= 15 is 0 Å². The molecule has 0 heterocycles. The highest BCUT2D eigenvalue weighted by Crippen LogP contribution is 2.14. The Bertz CT molecular complexity index is 494. The molecule has 0 aliphatic heterocycles. The number of amides is 1. The third-order valence-electron chi connectivity index (χ3n) is 2.30. The second-order valence-electron chi connectivity index (χ2n) is 3.55. The highest BCUT2D eigenvalue weighted by molar-refractivity contribution is 5.96. The maximum Gasteiger partial charge on any atom is 0.255 e. The van der Waals surface area contributed by atoms with Crippen molar-refractivity contribution < 1.29 is 4.79 Å². The van der Waals surface area contributed by atoms with Crippen LogP contribution in [0.5, 0.6) is 0 Å². The Hall–Kier alpha value is -2.53. The van der Waals surface area contributed by atoms with Crippen molar-refractivity contribution in [3.63, 3.8) is 0 Å². The van der Waals surface area contributed by atoms with E-state index < -0.39 is 0 Å². The Morgan fingerprint density at radius 3 is 2.47 bits per heavy atom. The number of nitrogen functional groups attached to an aromatic ring is 1. The fourth-order valence-electron chi connectivity index (χ4n) is 1.41. The van der Waals surface area contributed by atoms with Gasteiger partial charge in [-0.25, -0.2) is 0 Å². The zero-order chi connectivity index (χ0) is 12.8. The van der Waals surface area contributed by atoms with Crippen LogP contribution in [0, 0.1) is 29.6 Å². The summed E-state index contributed by atoms with van der Waals surface area (Å²) in [6.45, 7) is 1.56. The van der Waals surface area contributed by atoms with Crippen molar-refractivity contribution in [1.82, 2.24) is 4.90 Å². The topological polar surface area (TPSA) is 93.9 Å². The van der Waals surface area contributed by atoms with Gasteiger partial charge in [-0.1, -0.05) is 6.07 Å². The van der Waals surface area contributed by atoms with Crippen molar-refractivity contribution in [2.75, 3.05) is 18.8 Å². The minimum Gasteiger partial charge on any atom is -0.399 e. The lowest BCUT2D eigenvalue weighted by Gasteiger charge is -2.17. The van der Waals surface area contributed by atoms with Crippen molar-refractivity contribution in [3.05, 3.63) is 29.3 Å². The standard InChI is InChI=1S/C12H12N4O/c1-9-2-3-10(15)8-11(9)12(17)16(6-4-13)7-5-14/h2-3,8H,6-7,15H2,1H3. The molecule has 1 amide bonds. The molecule has 0 radical (unpaired) electrons. The molecule has 17 heavy (non-hydrogen) atoms. The quantitative estimate of drug-likeness (QED) is 0.618. The SMILES string of the molecule is Cc1ccc(N)cc1C(=O)N(CC#N)CC#N. The average molecular weight is 228 g/mol. The second kappa shape index (κ2) is 5.53. The van der Waals surface area contributed by atoms with E-state index in [1.807, 2.05) is 12.1 Å². The van der Waals surface area contributed by atoms with Gasteiger partial charge in [0.2, 0.25) is 0 Å². The van der Waals surface area contributed by atoms with Crippen LogP contribution in [0.4, 0.5) is 5.69 Å². The van der Waals surface area contributed by atoms with Crippen LogP contribution < -0.4 is 5.73 Å². The number of nitrogens with two attached hydrogens (primary N) is 1. The molecule has 0 bridgehead atoms. The molecule has 0 atom stereocenters. The van der Waals surface area contributed by atoms with Crippen LogP contribution in [0.15, 0.2) is 18.2 Å². The third kappa shape index (κ3) is 2.96. The van der Waals surface area contributed by atoms with Gasteiger partial charge in [-0.05, 0) is 24.6 Å². The van der Waals surface area contributed by atoms with Gasteiger partial charge in [-0.3, -0.25) is 4.79 Å². The maximum atomic E-state index is 12.1. The molecule has 86 valence electrons. The molecule has 0 aromatic heterocycles. The fraction of sp³-hybridized carbons (Fsp3) is 0.250. The summed E-state index contributed by atoms with van der Waals surface area (Å²) in [5.41, 5.74) is 7.29. The van der Waals surface area contributed by atoms with E-state index in [1.54, 1.807) is 25.1 Å². The number of hydrogen-bond donors (Lipinski definition) is 1. The molecular formula is C12H12N4O. The number of anilines is 1. The molecular weight excluding hydrogens is 216 g/mol. The van der Waals surface area contributed by atoms with Crippen molar-refractivity contribution in [3.8, 4) is 12.1 Å². The Morgan fingerprint density at radius 2 is 1.94 bits per heavy atom. The Kier molecular flexibility index (Phi) is 4.08. The predicted octanol–water partition coefficient (Wildman–Crippen LogP) is 1.07. The van der Waals surface area contributed by atoms with Gasteiger partial charge >= 0.3 is 0 Å². The molecule has 0 aliphatic carbocycles. The lowest BCUT2D eigenvalue weighted by molar-refractivity contribution is 0.0794. The molecule has 5 nitrogen and oxygen atoms in total. The molecule has 1 aromatic rings. The summed E-state index contributed by atoms with van der Waals surface area (Å²) < 4.78 is 0. The van der Waals surface area contributed by atoms with Crippen LogP contribution in [0.2, 0.25) is 0 Å². The van der Waals surface area contributed by atoms with Gasteiger partial charge in [0, 0.05) is 11.3 Å². The van der Waals surface area contributed by atoms with Crippen LogP contribution >= 0.6 is 0 Å². The molecule has 1 rings (SSSR count). The fourth-order valence-corrected chi connectivity index (χ4v) is 1.41. The number of carbonyl (C=O) groups is 1. The predicted molar refractivity (Wildman–Crippen MR) is 62.7 cm³/mol. The lowest BCUT2D eigenvalue weighted by atomic mass is 10.1. The van der Waals surface area contributed by atoms with Crippen LogP contribution in [-0.4, -0.2) is 23.9 Å². The number of nitriles is 2. The molecule has 5 heteroatoms. The normalized spacial score (nSPS) is 9.12. The molecule has 2 N–H and O–H groups in total. The van der Waals surface area contributed by atoms with Crippen LogP contribution in [0.3, 0.4) is 0 Å². The zero-order valence-corrected chi connectivity index (χ0v) is 9.47. The van der Waals surface area contributed by atoms with Gasteiger partial charge < -0.3 is 10.6 Å². The summed E-state index contributed by atoms with van der Waals surface area (Å²) in [4.78, 5) is 13.2. The third-order valence-corrected chi connectivity index (χ3v) is 2.30. The molecule has 0 fully saturated rings. The number of carbonyl (C=O) groups excluding carboxylic acids is 1. The van der Waals surface area contributed by atoms with Gasteiger partial charge in [0.1, 0.15) is 13.1 Å². The van der Waals surface area contributed by atoms with Crippen molar-refractivity contribution >= 4 is 11.6 Å². The molecule has 0 spiro atoms. The average Bonchev–Trinajstić information content (AvgIpc) is 2.31. The van der Waals surface area contributed by atoms with Crippen molar-refractivity contribution in [2.45, 2.75) is 6.92 Å². The van der Waals surface area contributed by atoms with E-state index in [0.29, 0.717) is 11.3 Å². The summed E-state index contributed by atoms with van der Waals surface area (Å²) in [7, 11) is 0. The van der Waals surface area contributed by atoms with Crippen molar-refractivity contribution in [2.24, 2.45) is 0 Å². The smallest absolute Gasteiger partial charge is 0.255 e. The van der Waals surface area contributed by atoms with Gasteiger partial charge in [0.15, 0.2) is 0 Å². The highest BCUT2D eigenvalue weighted by atomic mass is 16.2. The van der Waals surface area contributed by atoms with Crippen LogP contribution in [-0.2, 0) is 0 Å². The summed E-state index contributed by atoms with van der Waals surface area (Å²) in [5.74, 6) is -0.349. The van der Waals surface area contributed by atoms with Gasteiger partial charge in [-0.2, -0.15) is 10.5 Å². The highest BCUT2D eigenvalue weighted by Gasteiger charge is 2.17. The van der Waals surface area contributed by atoms with Crippen molar-refractivity contribution in [1.29, 1.82) is 10.5 Å². The van der Waals surface area contributed by atoms with Gasteiger partial charge in [0.25, 0.3) is 5.91 Å². The van der Waals surface area contributed by atoms with E-state index in [4.69, 9.17) is 16.3 Å². The van der Waals surface area contributed by atoms with Gasteiger partial charge in [-0.15, -0.1) is 0 Å². The Labute approximate surface area is 99.7 Å². The van der Waals surface area contributed by atoms with E-state index in [2.05, 4.69) is 0 Å². The monoisotopic (exact) mass is 228 g/mol. The Morgan fingerprint density at radius 1 is 1.35 bits per heavy atom. The lowest BCUT2D eigenvalue weighted by Crippen LogP contribution is -2.32. The summed E-state index contributed by atoms with van der Waals surface area (Å²) in [6.07, 6.45) is 0. The molecule has 0 unspecified atom stereocenters. The Balaban J connectivity index is 3.06. The first-order chi connectivity index (χ1) is 8.10. The summed E-state index contributed by atoms with van der Waals surface area (Å²) in [5, 5.41) is 17.2. The molecule has 0 aliphatic rings. The van der Waals surface area contributed by atoms with Gasteiger partial charge in [0.05, 0.1) is 12.1 Å².